The van der Waals surface area contributed by atoms with Gasteiger partial charge in [0.2, 0.25) is 10.0 Å². The fraction of sp³-hybridized carbons (Fsp3) is 0.222. The van der Waals surface area contributed by atoms with Gasteiger partial charge in [-0.15, -0.1) is 0 Å². The molecule has 0 spiro atoms. The molecule has 26 heavy (non-hydrogen) atoms. The lowest BCUT2D eigenvalue weighted by atomic mass is 10.0. The van der Waals surface area contributed by atoms with Gasteiger partial charge in [0.1, 0.15) is 18.4 Å². The van der Waals surface area contributed by atoms with Gasteiger partial charge in [-0.05, 0) is 17.7 Å². The van der Waals surface area contributed by atoms with Crippen LogP contribution in [0.5, 0.6) is 5.75 Å². The van der Waals surface area contributed by atoms with E-state index in [0.29, 0.717) is 25.1 Å². The average Bonchev–Trinajstić information content (AvgIpc) is 3.15. The van der Waals surface area contributed by atoms with Crippen molar-refractivity contribution in [3.63, 3.8) is 0 Å². The summed E-state index contributed by atoms with van der Waals surface area (Å²) >= 11 is 0. The van der Waals surface area contributed by atoms with E-state index in [9.17, 15) is 8.42 Å². The Morgan fingerprint density at radius 3 is 2.81 bits per heavy atom. The lowest BCUT2D eigenvalue weighted by molar-refractivity contribution is 0.263. The van der Waals surface area contributed by atoms with E-state index in [1.165, 1.54) is 6.33 Å². The van der Waals surface area contributed by atoms with Crippen LogP contribution >= 0.6 is 0 Å². The third-order valence-corrected chi connectivity index (χ3v) is 5.89. The molecule has 0 saturated heterocycles. The summed E-state index contributed by atoms with van der Waals surface area (Å²) in [6, 6.07) is 14.1. The highest BCUT2D eigenvalue weighted by Gasteiger charge is 2.27. The van der Waals surface area contributed by atoms with Gasteiger partial charge < -0.3 is 4.74 Å². The Balaban J connectivity index is 1.64. The van der Waals surface area contributed by atoms with Crippen LogP contribution in [0.1, 0.15) is 23.6 Å². The van der Waals surface area contributed by atoms with Crippen molar-refractivity contribution in [3.8, 4) is 5.75 Å². The predicted molar refractivity (Wildman–Crippen MR) is 95.2 cm³/mol. The number of fused-ring (bicyclic) bond motifs is 1. The molecule has 1 unspecified atom stereocenters. The smallest absolute Gasteiger partial charge is 0.241 e. The van der Waals surface area contributed by atoms with Crippen molar-refractivity contribution in [1.82, 2.24) is 19.5 Å². The van der Waals surface area contributed by atoms with Gasteiger partial charge in [0.05, 0.1) is 24.1 Å². The number of nitrogens with zero attached hydrogens (tertiary/aromatic N) is 3. The molecule has 0 radical (unpaired) electrons. The first-order chi connectivity index (χ1) is 12.6. The number of aromatic nitrogens is 3. The van der Waals surface area contributed by atoms with E-state index in [0.717, 1.165) is 11.3 Å². The molecule has 1 atom stereocenters. The third kappa shape index (κ3) is 3.33. The molecule has 134 valence electrons. The quantitative estimate of drug-likeness (QED) is 0.744. The normalized spacial score (nSPS) is 16.7. The van der Waals surface area contributed by atoms with Crippen molar-refractivity contribution in [2.24, 2.45) is 0 Å². The zero-order chi connectivity index (χ0) is 18.0. The second-order valence-corrected chi connectivity index (χ2v) is 7.73. The molecule has 1 aliphatic rings. The molecule has 8 heteroatoms. The standard InChI is InChI=1S/C18H18N4O3S/c23-26(24,21-16-9-10-25-17-7-3-2-6-15(16)17)18-8-4-1-5-14(18)11-22-13-19-12-20-22/h1-8,12-13,16,21H,9-11H2. The maximum Gasteiger partial charge on any atom is 0.241 e. The van der Waals surface area contributed by atoms with Gasteiger partial charge in [0, 0.05) is 12.0 Å². The monoisotopic (exact) mass is 370 g/mol. The lowest BCUT2D eigenvalue weighted by Crippen LogP contribution is -2.32. The Hall–Kier alpha value is -2.71. The Morgan fingerprint density at radius 2 is 1.96 bits per heavy atom. The largest absolute Gasteiger partial charge is 0.493 e. The number of hydrogen-bond acceptors (Lipinski definition) is 5. The summed E-state index contributed by atoms with van der Waals surface area (Å²) in [6.07, 6.45) is 3.57. The van der Waals surface area contributed by atoms with Crippen LogP contribution in [-0.2, 0) is 16.6 Å². The van der Waals surface area contributed by atoms with Gasteiger partial charge in [-0.3, -0.25) is 0 Å². The minimum atomic E-state index is -3.70. The van der Waals surface area contributed by atoms with E-state index in [2.05, 4.69) is 14.8 Å². The molecule has 0 bridgehead atoms. The molecule has 1 aromatic heterocycles. The van der Waals surface area contributed by atoms with E-state index in [-0.39, 0.29) is 10.9 Å². The van der Waals surface area contributed by atoms with Gasteiger partial charge in [-0.2, -0.15) is 5.10 Å². The zero-order valence-corrected chi connectivity index (χ0v) is 14.8. The van der Waals surface area contributed by atoms with Crippen molar-refractivity contribution in [3.05, 3.63) is 72.3 Å². The second kappa shape index (κ2) is 6.89. The SMILES string of the molecule is O=S(=O)(NC1CCOc2ccccc21)c1ccccc1Cn1cncn1. The van der Waals surface area contributed by atoms with Gasteiger partial charge in [-0.1, -0.05) is 36.4 Å². The maximum atomic E-state index is 13.1. The topological polar surface area (TPSA) is 86.1 Å². The first-order valence-electron chi connectivity index (χ1n) is 8.28. The van der Waals surface area contributed by atoms with Crippen LogP contribution in [-0.4, -0.2) is 29.8 Å². The molecule has 7 nitrogen and oxygen atoms in total. The molecule has 0 saturated carbocycles. The van der Waals surface area contributed by atoms with Gasteiger partial charge in [0.15, 0.2) is 0 Å². The van der Waals surface area contributed by atoms with Crippen molar-refractivity contribution in [2.75, 3.05) is 6.61 Å². The summed E-state index contributed by atoms with van der Waals surface area (Å²) in [5.41, 5.74) is 1.52. The Labute approximate surface area is 151 Å². The van der Waals surface area contributed by atoms with E-state index in [1.807, 2.05) is 30.3 Å². The summed E-state index contributed by atoms with van der Waals surface area (Å²) in [7, 11) is -3.70. The van der Waals surface area contributed by atoms with Crippen LogP contribution < -0.4 is 9.46 Å². The third-order valence-electron chi connectivity index (χ3n) is 4.32. The van der Waals surface area contributed by atoms with Crippen LogP contribution in [0.3, 0.4) is 0 Å². The highest BCUT2D eigenvalue weighted by molar-refractivity contribution is 7.89. The first kappa shape index (κ1) is 16.7. The van der Waals surface area contributed by atoms with E-state index < -0.39 is 10.0 Å². The second-order valence-electron chi connectivity index (χ2n) is 6.05. The summed E-state index contributed by atoms with van der Waals surface area (Å²) in [4.78, 5) is 4.15. The van der Waals surface area contributed by atoms with E-state index in [4.69, 9.17) is 4.74 Å². The van der Waals surface area contributed by atoms with E-state index >= 15 is 0 Å². The molecule has 2 aromatic carbocycles. The van der Waals surface area contributed by atoms with Gasteiger partial charge in [0.25, 0.3) is 0 Å². The number of nitrogens with one attached hydrogen (secondary N) is 1. The highest BCUT2D eigenvalue weighted by atomic mass is 32.2. The highest BCUT2D eigenvalue weighted by Crippen LogP contribution is 2.33. The number of rotatable bonds is 5. The summed E-state index contributed by atoms with van der Waals surface area (Å²) in [5, 5.41) is 4.05. The van der Waals surface area contributed by atoms with E-state index in [1.54, 1.807) is 29.2 Å². The summed E-state index contributed by atoms with van der Waals surface area (Å²) < 4.78 is 36.2. The average molecular weight is 370 g/mol. The molecule has 1 aliphatic heterocycles. The van der Waals surface area contributed by atoms with Crippen molar-refractivity contribution < 1.29 is 13.2 Å². The Kier molecular flexibility index (Phi) is 4.44. The number of para-hydroxylation sites is 1. The fourth-order valence-corrected chi connectivity index (χ4v) is 4.58. The Morgan fingerprint density at radius 1 is 1.15 bits per heavy atom. The number of benzene rings is 2. The molecule has 1 N–H and O–H groups in total. The molecular weight excluding hydrogens is 352 g/mol. The number of sulfonamides is 1. The fourth-order valence-electron chi connectivity index (χ4n) is 3.10. The minimum absolute atomic E-state index is 0.250. The van der Waals surface area contributed by atoms with Crippen LogP contribution in [0.15, 0.2) is 66.1 Å². The van der Waals surface area contributed by atoms with Crippen molar-refractivity contribution >= 4 is 10.0 Å². The first-order valence-corrected chi connectivity index (χ1v) is 9.76. The molecule has 4 rings (SSSR count). The maximum absolute atomic E-state index is 13.1. The molecule has 3 aromatic rings. The predicted octanol–water partition coefficient (Wildman–Crippen LogP) is 2.13. The Bertz CT molecular complexity index is 1000. The van der Waals surface area contributed by atoms with Crippen LogP contribution in [0.2, 0.25) is 0 Å². The van der Waals surface area contributed by atoms with Crippen LogP contribution in [0.4, 0.5) is 0 Å². The minimum Gasteiger partial charge on any atom is -0.493 e. The molecule has 0 amide bonds. The zero-order valence-electron chi connectivity index (χ0n) is 13.9. The summed E-state index contributed by atoms with van der Waals surface area (Å²) in [6.45, 7) is 0.812. The lowest BCUT2D eigenvalue weighted by Gasteiger charge is -2.26. The molecule has 0 fully saturated rings. The molecular formula is C18H18N4O3S. The molecule has 0 aliphatic carbocycles. The molecule has 2 heterocycles. The number of hydrogen-bond donors (Lipinski definition) is 1. The van der Waals surface area contributed by atoms with Crippen LogP contribution in [0.25, 0.3) is 0 Å². The van der Waals surface area contributed by atoms with Crippen molar-refractivity contribution in [1.29, 1.82) is 0 Å². The summed E-state index contributed by atoms with van der Waals surface area (Å²) in [5.74, 6) is 0.724. The van der Waals surface area contributed by atoms with Gasteiger partial charge in [-0.25, -0.2) is 22.8 Å². The van der Waals surface area contributed by atoms with Crippen molar-refractivity contribution in [2.45, 2.75) is 23.9 Å². The van der Waals surface area contributed by atoms with Crippen LogP contribution in [0, 0.1) is 0 Å². The number of ether oxygens (including phenoxy) is 1. The van der Waals surface area contributed by atoms with Gasteiger partial charge >= 0.3 is 0 Å².